The number of hydrogen-bond donors (Lipinski definition) is 1. The standard InChI is InChI=1S/C28H30F2N2O3/c1-34-26-15-12-21(16-27(26)35-19-20-8-4-2-5-9-20)18-32(23-10-6-3-7-11-23)28(33)31-25-14-13-22(29)17-24(25)30/h2,4-5,8-9,12-17,23H,3,6-7,10-11,18-19H2,1H3,(H,31,33). The van der Waals surface area contributed by atoms with Crippen LogP contribution in [0.4, 0.5) is 19.3 Å². The maximum atomic E-state index is 14.2. The van der Waals surface area contributed by atoms with E-state index in [-0.39, 0.29) is 11.7 Å². The van der Waals surface area contributed by atoms with Crippen molar-refractivity contribution in [3.05, 3.63) is 89.5 Å². The first-order valence-electron chi connectivity index (χ1n) is 11.9. The molecule has 0 aromatic heterocycles. The number of amides is 2. The molecule has 1 saturated carbocycles. The number of ether oxygens (including phenoxy) is 2. The molecule has 0 aliphatic heterocycles. The number of anilines is 1. The molecule has 0 saturated heterocycles. The molecule has 3 aromatic carbocycles. The quantitative estimate of drug-likeness (QED) is 0.381. The lowest BCUT2D eigenvalue weighted by molar-refractivity contribution is 0.162. The fourth-order valence-electron chi connectivity index (χ4n) is 4.40. The van der Waals surface area contributed by atoms with Crippen molar-refractivity contribution >= 4 is 11.7 Å². The van der Waals surface area contributed by atoms with Gasteiger partial charge in [0, 0.05) is 18.7 Å². The van der Waals surface area contributed by atoms with Gasteiger partial charge in [-0.25, -0.2) is 13.6 Å². The van der Waals surface area contributed by atoms with Crippen molar-refractivity contribution in [3.8, 4) is 11.5 Å². The lowest BCUT2D eigenvalue weighted by Crippen LogP contribution is -2.43. The molecule has 1 aliphatic carbocycles. The molecule has 1 N–H and O–H groups in total. The monoisotopic (exact) mass is 480 g/mol. The van der Waals surface area contributed by atoms with Crippen LogP contribution in [-0.2, 0) is 13.2 Å². The van der Waals surface area contributed by atoms with Gasteiger partial charge >= 0.3 is 6.03 Å². The highest BCUT2D eigenvalue weighted by Crippen LogP contribution is 2.31. The van der Waals surface area contributed by atoms with Gasteiger partial charge in [0.25, 0.3) is 0 Å². The molecule has 1 fully saturated rings. The second-order valence-corrected chi connectivity index (χ2v) is 8.73. The Balaban J connectivity index is 1.54. The van der Waals surface area contributed by atoms with Crippen LogP contribution in [0.2, 0.25) is 0 Å². The van der Waals surface area contributed by atoms with Crippen LogP contribution in [0, 0.1) is 11.6 Å². The van der Waals surface area contributed by atoms with Crippen LogP contribution in [-0.4, -0.2) is 24.1 Å². The number of rotatable bonds is 8. The maximum absolute atomic E-state index is 14.2. The molecule has 35 heavy (non-hydrogen) atoms. The van der Waals surface area contributed by atoms with Gasteiger partial charge in [-0.05, 0) is 48.2 Å². The van der Waals surface area contributed by atoms with Gasteiger partial charge in [0.15, 0.2) is 11.5 Å². The Kier molecular flexibility index (Phi) is 8.19. The summed E-state index contributed by atoms with van der Waals surface area (Å²) in [6, 6.07) is 18.2. The number of carbonyl (C=O) groups excluding carboxylic acids is 1. The van der Waals surface area contributed by atoms with Crippen molar-refractivity contribution in [2.24, 2.45) is 0 Å². The number of benzene rings is 3. The van der Waals surface area contributed by atoms with Gasteiger partial charge in [-0.2, -0.15) is 0 Å². The number of hydrogen-bond acceptors (Lipinski definition) is 3. The van der Waals surface area contributed by atoms with Gasteiger partial charge in [-0.3, -0.25) is 0 Å². The molecular weight excluding hydrogens is 450 g/mol. The first kappa shape index (κ1) is 24.5. The number of nitrogens with zero attached hydrogens (tertiary/aromatic N) is 1. The molecule has 3 aromatic rings. The number of nitrogens with one attached hydrogen (secondary N) is 1. The summed E-state index contributed by atoms with van der Waals surface area (Å²) in [4.78, 5) is 15.0. The second-order valence-electron chi connectivity index (χ2n) is 8.73. The molecule has 4 rings (SSSR count). The third kappa shape index (κ3) is 6.50. The van der Waals surface area contributed by atoms with E-state index in [0.717, 1.165) is 55.4 Å². The maximum Gasteiger partial charge on any atom is 0.322 e. The first-order valence-corrected chi connectivity index (χ1v) is 11.9. The minimum atomic E-state index is -0.803. The fraction of sp³-hybridized carbons (Fsp3) is 0.321. The van der Waals surface area contributed by atoms with Gasteiger partial charge in [0.05, 0.1) is 12.8 Å². The summed E-state index contributed by atoms with van der Waals surface area (Å²) in [5, 5.41) is 2.63. The molecule has 7 heteroatoms. The van der Waals surface area contributed by atoms with Crippen molar-refractivity contribution in [2.75, 3.05) is 12.4 Å². The lowest BCUT2D eigenvalue weighted by atomic mass is 9.94. The molecule has 184 valence electrons. The zero-order chi connectivity index (χ0) is 24.6. The fourth-order valence-corrected chi connectivity index (χ4v) is 4.40. The highest BCUT2D eigenvalue weighted by atomic mass is 19.1. The Labute approximate surface area is 204 Å². The number of urea groups is 1. The minimum Gasteiger partial charge on any atom is -0.493 e. The molecule has 1 aliphatic rings. The van der Waals surface area contributed by atoms with Crippen molar-refractivity contribution < 1.29 is 23.0 Å². The zero-order valence-electron chi connectivity index (χ0n) is 19.8. The summed E-state index contributed by atoms with van der Waals surface area (Å²) in [5.41, 5.74) is 1.86. The zero-order valence-corrected chi connectivity index (χ0v) is 19.8. The first-order chi connectivity index (χ1) is 17.0. The molecule has 5 nitrogen and oxygen atoms in total. The molecule has 0 heterocycles. The van der Waals surface area contributed by atoms with Crippen LogP contribution in [0.5, 0.6) is 11.5 Å². The molecule has 0 bridgehead atoms. The van der Waals surface area contributed by atoms with Crippen molar-refractivity contribution in [1.82, 2.24) is 4.90 Å². The second kappa shape index (κ2) is 11.7. The largest absolute Gasteiger partial charge is 0.493 e. The normalized spacial score (nSPS) is 13.8. The Hall–Kier alpha value is -3.61. The van der Waals surface area contributed by atoms with Gasteiger partial charge in [-0.1, -0.05) is 55.7 Å². The highest BCUT2D eigenvalue weighted by molar-refractivity contribution is 5.89. The molecule has 0 atom stereocenters. The van der Waals surface area contributed by atoms with E-state index in [9.17, 15) is 13.6 Å². The summed E-state index contributed by atoms with van der Waals surface area (Å²) < 4.78 is 39.0. The number of halogens is 2. The van der Waals surface area contributed by atoms with E-state index in [0.29, 0.717) is 24.7 Å². The summed E-state index contributed by atoms with van der Waals surface area (Å²) in [6.07, 6.45) is 4.97. The summed E-state index contributed by atoms with van der Waals surface area (Å²) >= 11 is 0. The Morgan fingerprint density at radius 3 is 2.43 bits per heavy atom. The van der Waals surface area contributed by atoms with Crippen LogP contribution < -0.4 is 14.8 Å². The van der Waals surface area contributed by atoms with Crippen molar-refractivity contribution in [2.45, 2.75) is 51.3 Å². The molecular formula is C28H30F2N2O3. The van der Waals surface area contributed by atoms with Gasteiger partial charge < -0.3 is 19.7 Å². The van der Waals surface area contributed by atoms with E-state index in [1.165, 1.54) is 6.07 Å². The number of methoxy groups -OCH3 is 1. The highest BCUT2D eigenvalue weighted by Gasteiger charge is 2.26. The SMILES string of the molecule is COc1ccc(CN(C(=O)Nc2ccc(F)cc2F)C2CCCCC2)cc1OCc1ccccc1. The van der Waals surface area contributed by atoms with E-state index >= 15 is 0 Å². The van der Waals surface area contributed by atoms with Crippen molar-refractivity contribution in [3.63, 3.8) is 0 Å². The van der Waals surface area contributed by atoms with Crippen molar-refractivity contribution in [1.29, 1.82) is 0 Å². The summed E-state index contributed by atoms with van der Waals surface area (Å²) in [7, 11) is 1.59. The molecule has 2 amide bonds. The lowest BCUT2D eigenvalue weighted by Gasteiger charge is -2.34. The van der Waals surface area contributed by atoms with Gasteiger partial charge in [0.1, 0.15) is 18.2 Å². The summed E-state index contributed by atoms with van der Waals surface area (Å²) in [6.45, 7) is 0.711. The van der Waals surface area contributed by atoms with Crippen LogP contribution in [0.15, 0.2) is 66.7 Å². The van der Waals surface area contributed by atoms with E-state index < -0.39 is 17.7 Å². The predicted octanol–water partition coefficient (Wildman–Crippen LogP) is 6.92. The molecule has 0 radical (unpaired) electrons. The van der Waals surface area contributed by atoms with Gasteiger partial charge in [0.2, 0.25) is 0 Å². The topological polar surface area (TPSA) is 50.8 Å². The Morgan fingerprint density at radius 2 is 1.71 bits per heavy atom. The Morgan fingerprint density at radius 1 is 0.943 bits per heavy atom. The summed E-state index contributed by atoms with van der Waals surface area (Å²) in [5.74, 6) is -0.303. The Bertz CT molecular complexity index is 1130. The third-order valence-electron chi connectivity index (χ3n) is 6.27. The van der Waals surface area contributed by atoms with Gasteiger partial charge in [-0.15, -0.1) is 0 Å². The predicted molar refractivity (Wildman–Crippen MR) is 132 cm³/mol. The average Bonchev–Trinajstić information content (AvgIpc) is 2.88. The van der Waals surface area contributed by atoms with E-state index in [1.54, 1.807) is 12.0 Å². The smallest absolute Gasteiger partial charge is 0.322 e. The minimum absolute atomic E-state index is 0.0306. The van der Waals surface area contributed by atoms with Crippen LogP contribution in [0.1, 0.15) is 43.2 Å². The van der Waals surface area contributed by atoms with E-state index in [1.807, 2.05) is 48.5 Å². The van der Waals surface area contributed by atoms with E-state index in [4.69, 9.17) is 9.47 Å². The van der Waals surface area contributed by atoms with E-state index in [2.05, 4.69) is 5.32 Å². The third-order valence-corrected chi connectivity index (χ3v) is 6.27. The average molecular weight is 481 g/mol. The van der Waals surface area contributed by atoms with Crippen LogP contribution in [0.25, 0.3) is 0 Å². The van der Waals surface area contributed by atoms with Crippen LogP contribution in [0.3, 0.4) is 0 Å². The molecule has 0 spiro atoms. The molecule has 0 unspecified atom stereocenters. The van der Waals surface area contributed by atoms with Crippen LogP contribution >= 0.6 is 0 Å². The number of carbonyl (C=O) groups is 1.